The van der Waals surface area contributed by atoms with Crippen LogP contribution in [0.3, 0.4) is 0 Å². The number of carbonyl (C=O) groups excluding carboxylic acids is 1. The SMILES string of the molecule is C=CC1C[N@+]2(CC(=O)Nc3ccccc3)CCC1CC2C(O)c1ccnc2ccccc12. The third kappa shape index (κ3) is 3.72. The van der Waals surface area contributed by atoms with Crippen LogP contribution in [0.15, 0.2) is 79.5 Å². The van der Waals surface area contributed by atoms with Gasteiger partial charge in [0.2, 0.25) is 0 Å². The molecule has 3 aliphatic rings. The maximum atomic E-state index is 13.1. The summed E-state index contributed by atoms with van der Waals surface area (Å²) in [6.45, 7) is 6.18. The Morgan fingerprint density at radius 3 is 2.78 bits per heavy atom. The third-order valence-corrected chi connectivity index (χ3v) is 7.56. The summed E-state index contributed by atoms with van der Waals surface area (Å²) in [6, 6.07) is 19.4. The van der Waals surface area contributed by atoms with Crippen molar-refractivity contribution in [2.24, 2.45) is 11.8 Å². The standard InChI is InChI=1S/C27H29N3O2/c1-2-19-17-30(18-26(31)29-21-8-4-3-5-9-21)15-13-20(19)16-25(30)27(32)23-12-14-28-24-11-7-6-10-22(23)24/h2-12,14,19-20,25,27,32H,1,13,15-18H2/p+1/t19?,20?,25?,27?,30-/m0/s1. The van der Waals surface area contributed by atoms with Crippen LogP contribution in [0.25, 0.3) is 10.9 Å². The molecule has 164 valence electrons. The fourth-order valence-corrected chi connectivity index (χ4v) is 5.97. The molecule has 0 radical (unpaired) electrons. The molecule has 3 aliphatic heterocycles. The quantitative estimate of drug-likeness (QED) is 0.454. The molecule has 0 saturated carbocycles. The molecule has 2 aromatic carbocycles. The minimum Gasteiger partial charge on any atom is -0.382 e. The molecule has 32 heavy (non-hydrogen) atoms. The molecule has 3 fully saturated rings. The lowest BCUT2D eigenvalue weighted by Gasteiger charge is -2.57. The predicted molar refractivity (Wildman–Crippen MR) is 127 cm³/mol. The summed E-state index contributed by atoms with van der Waals surface area (Å²) in [5.41, 5.74) is 2.60. The number of nitrogens with zero attached hydrogens (tertiary/aromatic N) is 2. The smallest absolute Gasteiger partial charge is 0.279 e. The van der Waals surface area contributed by atoms with Crippen LogP contribution in [0.2, 0.25) is 0 Å². The number of benzene rings is 2. The number of fused-ring (bicyclic) bond motifs is 4. The summed E-state index contributed by atoms with van der Waals surface area (Å²) in [5.74, 6) is 0.888. The number of quaternary nitrogens is 1. The average Bonchev–Trinajstić information content (AvgIpc) is 2.83. The molecule has 2 bridgehead atoms. The van der Waals surface area contributed by atoms with E-state index in [1.807, 2.05) is 60.7 Å². The van der Waals surface area contributed by atoms with Crippen LogP contribution in [0.1, 0.15) is 24.5 Å². The molecule has 3 saturated heterocycles. The molecule has 0 spiro atoms. The molecule has 5 heteroatoms. The molecule has 0 aliphatic carbocycles. The first-order valence-electron chi connectivity index (χ1n) is 11.4. The van der Waals surface area contributed by atoms with E-state index in [2.05, 4.69) is 23.0 Å². The van der Waals surface area contributed by atoms with Gasteiger partial charge in [0.05, 0.1) is 18.6 Å². The van der Waals surface area contributed by atoms with Crippen LogP contribution in [0.5, 0.6) is 0 Å². The molecular weight excluding hydrogens is 398 g/mol. The largest absolute Gasteiger partial charge is 0.382 e. The van der Waals surface area contributed by atoms with E-state index in [0.29, 0.717) is 22.9 Å². The van der Waals surface area contributed by atoms with Crippen molar-refractivity contribution in [1.29, 1.82) is 0 Å². The van der Waals surface area contributed by atoms with Crippen molar-refractivity contribution in [2.45, 2.75) is 25.0 Å². The van der Waals surface area contributed by atoms with Gasteiger partial charge in [-0.2, -0.15) is 0 Å². The minimum absolute atomic E-state index is 0.00357. The number of amides is 1. The van der Waals surface area contributed by atoms with Crippen molar-refractivity contribution in [3.8, 4) is 0 Å². The Hall–Kier alpha value is -3.02. The van der Waals surface area contributed by atoms with Crippen LogP contribution in [-0.2, 0) is 4.79 Å². The molecule has 5 atom stereocenters. The fourth-order valence-electron chi connectivity index (χ4n) is 5.97. The zero-order valence-corrected chi connectivity index (χ0v) is 18.2. The number of anilines is 1. The van der Waals surface area contributed by atoms with Gasteiger partial charge in [0.25, 0.3) is 5.91 Å². The number of carbonyl (C=O) groups is 1. The van der Waals surface area contributed by atoms with Crippen LogP contribution >= 0.6 is 0 Å². The van der Waals surface area contributed by atoms with Gasteiger partial charge in [-0.3, -0.25) is 9.78 Å². The first kappa shape index (κ1) is 20.9. The molecule has 4 unspecified atom stereocenters. The molecule has 6 rings (SSSR count). The Bertz CT molecular complexity index is 1130. The summed E-state index contributed by atoms with van der Waals surface area (Å²) < 4.78 is 0.601. The van der Waals surface area contributed by atoms with Crippen LogP contribution < -0.4 is 5.32 Å². The number of para-hydroxylation sites is 2. The maximum absolute atomic E-state index is 13.1. The second-order valence-corrected chi connectivity index (χ2v) is 9.31. The molecule has 5 nitrogen and oxygen atoms in total. The van der Waals surface area contributed by atoms with Gasteiger partial charge in [-0.15, -0.1) is 6.58 Å². The monoisotopic (exact) mass is 428 g/mol. The molecule has 1 amide bonds. The molecular formula is C27H30N3O2+. The van der Waals surface area contributed by atoms with Crippen molar-refractivity contribution in [2.75, 3.05) is 25.0 Å². The lowest BCUT2D eigenvalue weighted by atomic mass is 9.71. The van der Waals surface area contributed by atoms with Crippen LogP contribution in [0, 0.1) is 11.8 Å². The summed E-state index contributed by atoms with van der Waals surface area (Å²) in [4.78, 5) is 17.6. The lowest BCUT2D eigenvalue weighted by molar-refractivity contribution is -0.966. The first-order chi connectivity index (χ1) is 15.6. The highest BCUT2D eigenvalue weighted by molar-refractivity contribution is 5.91. The Morgan fingerprint density at radius 1 is 1.19 bits per heavy atom. The fraction of sp³-hybridized carbons (Fsp3) is 0.333. The van der Waals surface area contributed by atoms with Crippen molar-refractivity contribution < 1.29 is 14.4 Å². The third-order valence-electron chi connectivity index (χ3n) is 7.56. The number of hydrogen-bond acceptors (Lipinski definition) is 3. The molecule has 3 aromatic rings. The number of pyridine rings is 1. The Balaban J connectivity index is 1.47. The van der Waals surface area contributed by atoms with E-state index in [4.69, 9.17) is 0 Å². The highest BCUT2D eigenvalue weighted by Gasteiger charge is 2.54. The number of aliphatic hydroxyl groups excluding tert-OH is 1. The van der Waals surface area contributed by atoms with Crippen LogP contribution in [-0.4, -0.2) is 46.2 Å². The number of piperidine rings is 3. The number of aromatic nitrogens is 1. The zero-order valence-electron chi connectivity index (χ0n) is 18.2. The summed E-state index contributed by atoms with van der Waals surface area (Å²) >= 11 is 0. The van der Waals surface area contributed by atoms with Gasteiger partial charge in [-0.1, -0.05) is 42.5 Å². The van der Waals surface area contributed by atoms with Gasteiger partial charge in [-0.05, 0) is 35.7 Å². The van der Waals surface area contributed by atoms with E-state index in [-0.39, 0.29) is 11.9 Å². The average molecular weight is 429 g/mol. The van der Waals surface area contributed by atoms with Crippen molar-refractivity contribution >= 4 is 22.5 Å². The van der Waals surface area contributed by atoms with E-state index in [1.54, 1.807) is 6.20 Å². The Morgan fingerprint density at radius 2 is 1.97 bits per heavy atom. The lowest BCUT2D eigenvalue weighted by Crippen LogP contribution is -2.69. The number of nitrogens with one attached hydrogen (secondary N) is 1. The summed E-state index contributed by atoms with van der Waals surface area (Å²) in [5, 5.41) is 15.7. The van der Waals surface area contributed by atoms with Gasteiger partial charge in [0, 0.05) is 36.0 Å². The highest BCUT2D eigenvalue weighted by Crippen LogP contribution is 2.46. The second-order valence-electron chi connectivity index (χ2n) is 9.31. The van der Waals surface area contributed by atoms with E-state index >= 15 is 0 Å². The van der Waals surface area contributed by atoms with Gasteiger partial charge < -0.3 is 14.9 Å². The topological polar surface area (TPSA) is 62.2 Å². The van der Waals surface area contributed by atoms with E-state index in [1.165, 1.54) is 0 Å². The zero-order chi connectivity index (χ0) is 22.1. The number of rotatable bonds is 6. The van der Waals surface area contributed by atoms with Crippen LogP contribution in [0.4, 0.5) is 5.69 Å². The van der Waals surface area contributed by atoms with E-state index < -0.39 is 6.10 Å². The first-order valence-corrected chi connectivity index (χ1v) is 11.4. The van der Waals surface area contributed by atoms with Gasteiger partial charge in [-0.25, -0.2) is 0 Å². The van der Waals surface area contributed by atoms with E-state index in [9.17, 15) is 9.90 Å². The summed E-state index contributed by atoms with van der Waals surface area (Å²) in [6.07, 6.45) is 5.14. The normalized spacial score (nSPS) is 27.7. The predicted octanol–water partition coefficient (Wildman–Crippen LogP) is 4.32. The Kier molecular flexibility index (Phi) is 5.53. The highest BCUT2D eigenvalue weighted by atomic mass is 16.3. The summed E-state index contributed by atoms with van der Waals surface area (Å²) in [7, 11) is 0. The van der Waals surface area contributed by atoms with Gasteiger partial charge >= 0.3 is 0 Å². The maximum Gasteiger partial charge on any atom is 0.279 e. The second kappa shape index (κ2) is 8.49. The van der Waals surface area contributed by atoms with Gasteiger partial charge in [0.1, 0.15) is 12.1 Å². The number of hydrogen-bond donors (Lipinski definition) is 2. The number of aliphatic hydroxyl groups is 1. The molecule has 1 aromatic heterocycles. The Labute approximate surface area is 189 Å². The van der Waals surface area contributed by atoms with Gasteiger partial charge in [0.15, 0.2) is 6.54 Å². The van der Waals surface area contributed by atoms with Crippen molar-refractivity contribution in [3.05, 3.63) is 85.1 Å². The molecule has 2 N–H and O–H groups in total. The van der Waals surface area contributed by atoms with Crippen molar-refractivity contribution in [1.82, 2.24) is 4.98 Å². The van der Waals surface area contributed by atoms with Crippen molar-refractivity contribution in [3.63, 3.8) is 0 Å². The minimum atomic E-state index is -0.652. The van der Waals surface area contributed by atoms with E-state index in [0.717, 1.165) is 48.1 Å². The molecule has 4 heterocycles.